The van der Waals surface area contributed by atoms with Crippen LogP contribution in [0.3, 0.4) is 0 Å². The van der Waals surface area contributed by atoms with Crippen molar-refractivity contribution >= 4 is 6.09 Å². The summed E-state index contributed by atoms with van der Waals surface area (Å²) in [5.74, 6) is 0. The summed E-state index contributed by atoms with van der Waals surface area (Å²) in [5, 5.41) is 14.2. The maximum absolute atomic E-state index is 12.1. The monoisotopic (exact) mass is 330 g/mol. The highest BCUT2D eigenvalue weighted by molar-refractivity contribution is 5.68. The summed E-state index contributed by atoms with van der Waals surface area (Å²) in [6, 6.07) is 0. The van der Waals surface area contributed by atoms with Crippen molar-refractivity contribution in [1.82, 2.24) is 20.2 Å². The van der Waals surface area contributed by atoms with Crippen molar-refractivity contribution < 1.29 is 19.5 Å². The van der Waals surface area contributed by atoms with Gasteiger partial charge < -0.3 is 14.7 Å². The molecule has 23 heavy (non-hydrogen) atoms. The van der Waals surface area contributed by atoms with Crippen LogP contribution in [0.2, 0.25) is 0 Å². The molecular formula is C15H30N4O4. The van der Waals surface area contributed by atoms with Crippen LogP contribution in [0.25, 0.3) is 0 Å². The van der Waals surface area contributed by atoms with E-state index in [0.29, 0.717) is 19.7 Å². The highest BCUT2D eigenvalue weighted by atomic mass is 16.7. The van der Waals surface area contributed by atoms with Gasteiger partial charge in [0, 0.05) is 39.3 Å². The molecule has 2 fully saturated rings. The van der Waals surface area contributed by atoms with Crippen LogP contribution < -0.4 is 5.32 Å². The molecule has 0 radical (unpaired) electrons. The third-order valence-electron chi connectivity index (χ3n) is 3.89. The summed E-state index contributed by atoms with van der Waals surface area (Å²) in [6.45, 7) is 11.4. The van der Waals surface area contributed by atoms with Gasteiger partial charge in [0.1, 0.15) is 5.60 Å². The van der Waals surface area contributed by atoms with Crippen molar-refractivity contribution in [2.24, 2.45) is 0 Å². The zero-order valence-electron chi connectivity index (χ0n) is 14.5. The first-order valence-corrected chi connectivity index (χ1v) is 8.33. The minimum Gasteiger partial charge on any atom is -0.444 e. The standard InChI is InChI=1S/C15H30N4O4/c1-15(2,3)23-14(21)18-8-6-17(7-9-18)13-12-19(5-4-16-13)22-11-10-20/h13,16,20H,4-12H2,1-3H3. The molecule has 0 aliphatic carbocycles. The molecule has 1 amide bonds. The number of amides is 1. The maximum atomic E-state index is 12.1. The third-order valence-corrected chi connectivity index (χ3v) is 3.89. The second kappa shape index (κ2) is 8.25. The van der Waals surface area contributed by atoms with Crippen molar-refractivity contribution in [2.75, 3.05) is 59.0 Å². The summed E-state index contributed by atoms with van der Waals surface area (Å²) in [6.07, 6.45) is -0.0233. The molecule has 0 aromatic carbocycles. The molecule has 1 unspecified atom stereocenters. The first kappa shape index (κ1) is 18.4. The molecule has 0 saturated carbocycles. The summed E-state index contributed by atoms with van der Waals surface area (Å²) in [7, 11) is 0. The molecule has 0 aromatic rings. The van der Waals surface area contributed by atoms with Gasteiger partial charge in [-0.3, -0.25) is 15.1 Å². The fraction of sp³-hybridized carbons (Fsp3) is 0.933. The van der Waals surface area contributed by atoms with Crippen LogP contribution in [0.5, 0.6) is 0 Å². The quantitative estimate of drug-likeness (QED) is 0.732. The lowest BCUT2D eigenvalue weighted by atomic mass is 10.2. The van der Waals surface area contributed by atoms with Crippen LogP contribution in [0.15, 0.2) is 0 Å². The zero-order valence-corrected chi connectivity index (χ0v) is 14.5. The maximum Gasteiger partial charge on any atom is 0.410 e. The molecule has 0 bridgehead atoms. The summed E-state index contributed by atoms with van der Waals surface area (Å²) in [4.78, 5) is 21.7. The van der Waals surface area contributed by atoms with E-state index in [9.17, 15) is 4.79 Å². The topological polar surface area (TPSA) is 77.5 Å². The molecule has 2 rings (SSSR count). The predicted octanol–water partition coefficient (Wildman–Crippen LogP) is -0.306. The van der Waals surface area contributed by atoms with E-state index in [2.05, 4.69) is 10.2 Å². The van der Waals surface area contributed by atoms with Crippen LogP contribution in [-0.4, -0.2) is 96.9 Å². The smallest absolute Gasteiger partial charge is 0.410 e. The van der Waals surface area contributed by atoms with Gasteiger partial charge in [0.2, 0.25) is 0 Å². The number of carbonyl (C=O) groups is 1. The number of aliphatic hydroxyl groups excluding tert-OH is 1. The highest BCUT2D eigenvalue weighted by Gasteiger charge is 2.31. The van der Waals surface area contributed by atoms with Gasteiger partial charge in [-0.15, -0.1) is 0 Å². The van der Waals surface area contributed by atoms with Gasteiger partial charge in [0.05, 0.1) is 25.9 Å². The van der Waals surface area contributed by atoms with E-state index in [1.54, 1.807) is 4.90 Å². The predicted molar refractivity (Wildman–Crippen MR) is 85.8 cm³/mol. The van der Waals surface area contributed by atoms with Crippen molar-refractivity contribution in [3.63, 3.8) is 0 Å². The SMILES string of the molecule is CC(C)(C)OC(=O)N1CCN(C2CN(OCCO)CCN2)CC1. The molecule has 1 atom stereocenters. The average Bonchev–Trinajstić information content (AvgIpc) is 2.52. The lowest BCUT2D eigenvalue weighted by Gasteiger charge is -2.43. The van der Waals surface area contributed by atoms with Crippen LogP contribution in [-0.2, 0) is 9.57 Å². The number of hydrogen-bond acceptors (Lipinski definition) is 7. The number of aliphatic hydroxyl groups is 1. The average molecular weight is 330 g/mol. The summed E-state index contributed by atoms with van der Waals surface area (Å²) < 4.78 is 5.42. The Morgan fingerprint density at radius 2 is 1.91 bits per heavy atom. The molecule has 2 heterocycles. The molecule has 0 aromatic heterocycles. The Morgan fingerprint density at radius 3 is 2.52 bits per heavy atom. The number of hydrogen-bond donors (Lipinski definition) is 2. The van der Waals surface area contributed by atoms with E-state index in [-0.39, 0.29) is 18.9 Å². The third kappa shape index (κ3) is 5.89. The van der Waals surface area contributed by atoms with Gasteiger partial charge in [-0.2, -0.15) is 5.06 Å². The van der Waals surface area contributed by atoms with E-state index in [4.69, 9.17) is 14.7 Å². The Labute approximate surface area is 138 Å². The minimum absolute atomic E-state index is 0.0309. The molecule has 2 saturated heterocycles. The molecular weight excluding hydrogens is 300 g/mol. The van der Waals surface area contributed by atoms with E-state index in [1.165, 1.54) is 0 Å². The first-order chi connectivity index (χ1) is 10.9. The van der Waals surface area contributed by atoms with E-state index >= 15 is 0 Å². The Hall–Kier alpha value is -0.930. The molecule has 2 aliphatic heterocycles. The second-order valence-electron chi connectivity index (χ2n) is 6.92. The molecule has 134 valence electrons. The normalized spacial score (nSPS) is 24.7. The fourth-order valence-electron chi connectivity index (χ4n) is 2.78. The Kier molecular flexibility index (Phi) is 6.60. The van der Waals surface area contributed by atoms with E-state index in [1.807, 2.05) is 25.8 Å². The van der Waals surface area contributed by atoms with Gasteiger partial charge in [0.15, 0.2) is 0 Å². The molecule has 2 aliphatic rings. The van der Waals surface area contributed by atoms with Crippen LogP contribution in [0.4, 0.5) is 4.79 Å². The van der Waals surface area contributed by atoms with Crippen molar-refractivity contribution in [3.8, 4) is 0 Å². The van der Waals surface area contributed by atoms with Gasteiger partial charge in [0.25, 0.3) is 0 Å². The van der Waals surface area contributed by atoms with E-state index in [0.717, 1.165) is 32.7 Å². The number of nitrogens with zero attached hydrogens (tertiary/aromatic N) is 3. The van der Waals surface area contributed by atoms with Crippen LogP contribution >= 0.6 is 0 Å². The van der Waals surface area contributed by atoms with Crippen molar-refractivity contribution in [2.45, 2.75) is 32.5 Å². The minimum atomic E-state index is -0.455. The highest BCUT2D eigenvalue weighted by Crippen LogP contribution is 2.13. The largest absolute Gasteiger partial charge is 0.444 e. The zero-order chi connectivity index (χ0) is 16.9. The first-order valence-electron chi connectivity index (χ1n) is 8.33. The number of hydroxylamine groups is 2. The Morgan fingerprint density at radius 1 is 1.22 bits per heavy atom. The van der Waals surface area contributed by atoms with Gasteiger partial charge >= 0.3 is 6.09 Å². The second-order valence-corrected chi connectivity index (χ2v) is 6.92. The van der Waals surface area contributed by atoms with Gasteiger partial charge in [-0.1, -0.05) is 0 Å². The number of ether oxygens (including phenoxy) is 1. The number of nitrogens with one attached hydrogen (secondary N) is 1. The van der Waals surface area contributed by atoms with Crippen molar-refractivity contribution in [3.05, 3.63) is 0 Å². The van der Waals surface area contributed by atoms with Gasteiger partial charge in [-0.25, -0.2) is 4.79 Å². The fourth-order valence-corrected chi connectivity index (χ4v) is 2.78. The molecule has 8 nitrogen and oxygen atoms in total. The number of piperazine rings is 2. The van der Waals surface area contributed by atoms with Crippen molar-refractivity contribution in [1.29, 1.82) is 0 Å². The van der Waals surface area contributed by atoms with Crippen LogP contribution in [0, 0.1) is 0 Å². The Balaban J connectivity index is 1.76. The number of carbonyl (C=O) groups excluding carboxylic acids is 1. The molecule has 8 heteroatoms. The lowest BCUT2D eigenvalue weighted by Crippen LogP contribution is -2.62. The lowest BCUT2D eigenvalue weighted by molar-refractivity contribution is -0.187. The summed E-state index contributed by atoms with van der Waals surface area (Å²) in [5.41, 5.74) is -0.455. The van der Waals surface area contributed by atoms with Crippen LogP contribution in [0.1, 0.15) is 20.8 Å². The van der Waals surface area contributed by atoms with E-state index < -0.39 is 5.60 Å². The van der Waals surface area contributed by atoms with Gasteiger partial charge in [-0.05, 0) is 20.8 Å². The Bertz CT molecular complexity index is 380. The molecule has 2 N–H and O–H groups in total. The number of rotatable bonds is 4. The summed E-state index contributed by atoms with van der Waals surface area (Å²) >= 11 is 0. The molecule has 0 spiro atoms.